The normalized spacial score (nSPS) is 10.3. The van der Waals surface area contributed by atoms with Crippen molar-refractivity contribution in [2.24, 2.45) is 0 Å². The highest BCUT2D eigenvalue weighted by Gasteiger charge is 2.14. The molecule has 1 aromatic carbocycles. The average molecular weight is 374 g/mol. The van der Waals surface area contributed by atoms with Crippen LogP contribution >= 0.6 is 11.3 Å². The van der Waals surface area contributed by atoms with Gasteiger partial charge in [-0.2, -0.15) is 0 Å². The second-order valence-electron chi connectivity index (χ2n) is 5.71. The molecule has 2 N–H and O–H groups in total. The molecular weight excluding hydrogens is 352 g/mol. The second kappa shape index (κ2) is 9.15. The number of hydrogen-bond acceptors (Lipinski definition) is 5. The van der Waals surface area contributed by atoms with Gasteiger partial charge in [0.05, 0.1) is 6.61 Å². The van der Waals surface area contributed by atoms with E-state index < -0.39 is 11.8 Å². The fourth-order valence-electron chi connectivity index (χ4n) is 2.40. The molecule has 6 nitrogen and oxygen atoms in total. The van der Waals surface area contributed by atoms with Gasteiger partial charge >= 0.3 is 0 Å². The van der Waals surface area contributed by atoms with Gasteiger partial charge in [0.1, 0.15) is 5.75 Å². The maximum atomic E-state index is 12.2. The Labute approximate surface area is 156 Å². The lowest BCUT2D eigenvalue weighted by atomic mass is 10.1. The highest BCUT2D eigenvalue weighted by Crippen LogP contribution is 2.22. The van der Waals surface area contributed by atoms with Gasteiger partial charge in [0.2, 0.25) is 5.91 Å². The summed E-state index contributed by atoms with van der Waals surface area (Å²) in [6, 6.07) is 8.43. The van der Waals surface area contributed by atoms with Gasteiger partial charge in [-0.05, 0) is 51.1 Å². The van der Waals surface area contributed by atoms with Crippen LogP contribution in [0, 0.1) is 13.8 Å². The van der Waals surface area contributed by atoms with E-state index in [1.807, 2.05) is 26.8 Å². The van der Waals surface area contributed by atoms with Crippen LogP contribution in [0.3, 0.4) is 0 Å². The van der Waals surface area contributed by atoms with E-state index in [9.17, 15) is 14.4 Å². The SMILES string of the molecule is CCOc1ccc(C(=O)NNC(=O)CCC(=O)c2cc(C)sc2C)cc1. The first kappa shape index (κ1) is 19.7. The van der Waals surface area contributed by atoms with Crippen molar-refractivity contribution in [3.8, 4) is 5.75 Å². The predicted octanol–water partition coefficient (Wildman–Crippen LogP) is 3.19. The smallest absolute Gasteiger partial charge is 0.269 e. The summed E-state index contributed by atoms with van der Waals surface area (Å²) in [6.45, 7) is 6.26. The number of carbonyl (C=O) groups is 3. The molecule has 0 aliphatic heterocycles. The van der Waals surface area contributed by atoms with Crippen LogP contribution in [0.15, 0.2) is 30.3 Å². The van der Waals surface area contributed by atoms with Crippen molar-refractivity contribution >= 4 is 28.9 Å². The van der Waals surface area contributed by atoms with Crippen molar-refractivity contribution in [3.05, 3.63) is 51.2 Å². The van der Waals surface area contributed by atoms with Crippen molar-refractivity contribution < 1.29 is 19.1 Å². The van der Waals surface area contributed by atoms with Gasteiger partial charge in [-0.15, -0.1) is 11.3 Å². The van der Waals surface area contributed by atoms with Crippen LogP contribution in [-0.2, 0) is 4.79 Å². The Kier molecular flexibility index (Phi) is 6.91. The molecule has 0 atom stereocenters. The lowest BCUT2D eigenvalue weighted by Crippen LogP contribution is -2.41. The molecule has 7 heteroatoms. The minimum Gasteiger partial charge on any atom is -0.494 e. The number of aryl methyl sites for hydroxylation is 2. The van der Waals surface area contributed by atoms with Gasteiger partial charge in [-0.1, -0.05) is 0 Å². The Hall–Kier alpha value is -2.67. The molecular formula is C19H22N2O4S. The summed E-state index contributed by atoms with van der Waals surface area (Å²) in [6.07, 6.45) is 0.110. The fourth-order valence-corrected chi connectivity index (χ4v) is 3.34. The summed E-state index contributed by atoms with van der Waals surface area (Å²) in [5.41, 5.74) is 5.73. The Morgan fingerprint density at radius 1 is 1.04 bits per heavy atom. The van der Waals surface area contributed by atoms with E-state index >= 15 is 0 Å². The van der Waals surface area contributed by atoms with E-state index in [4.69, 9.17) is 4.74 Å². The first-order chi connectivity index (χ1) is 12.4. The van der Waals surface area contributed by atoms with Gasteiger partial charge in [0.15, 0.2) is 5.78 Å². The van der Waals surface area contributed by atoms with Crippen molar-refractivity contribution in [1.29, 1.82) is 0 Å². The number of rotatable bonds is 7. The second-order valence-corrected chi connectivity index (χ2v) is 7.17. The van der Waals surface area contributed by atoms with E-state index in [0.29, 0.717) is 23.5 Å². The van der Waals surface area contributed by atoms with Gasteiger partial charge in [0.25, 0.3) is 5.91 Å². The third-order valence-corrected chi connectivity index (χ3v) is 4.63. The van der Waals surface area contributed by atoms with E-state index in [1.165, 1.54) is 0 Å². The van der Waals surface area contributed by atoms with E-state index in [1.54, 1.807) is 35.6 Å². The maximum absolute atomic E-state index is 12.2. The Bertz CT molecular complexity index is 796. The van der Waals surface area contributed by atoms with Crippen molar-refractivity contribution in [2.75, 3.05) is 6.61 Å². The molecule has 0 spiro atoms. The van der Waals surface area contributed by atoms with Crippen LogP contribution in [0.25, 0.3) is 0 Å². The zero-order valence-electron chi connectivity index (χ0n) is 15.0. The molecule has 138 valence electrons. The Morgan fingerprint density at radius 2 is 1.73 bits per heavy atom. The topological polar surface area (TPSA) is 84.5 Å². The van der Waals surface area contributed by atoms with Crippen molar-refractivity contribution in [3.63, 3.8) is 0 Å². The van der Waals surface area contributed by atoms with Crippen LogP contribution in [0.5, 0.6) is 5.75 Å². The zero-order valence-corrected chi connectivity index (χ0v) is 15.9. The molecule has 2 rings (SSSR count). The number of thiophene rings is 1. The summed E-state index contributed by atoms with van der Waals surface area (Å²) in [5, 5.41) is 0. The fraction of sp³-hybridized carbons (Fsp3) is 0.316. The minimum atomic E-state index is -0.433. The van der Waals surface area contributed by atoms with Gasteiger partial charge in [-0.3, -0.25) is 25.2 Å². The zero-order chi connectivity index (χ0) is 19.1. The molecule has 0 aliphatic rings. The standard InChI is InChI=1S/C19H22N2O4S/c1-4-25-15-7-5-14(6-8-15)19(24)21-20-18(23)10-9-17(22)16-11-12(2)26-13(16)3/h5-8,11H,4,9-10H2,1-3H3,(H,20,23)(H,21,24). The van der Waals surface area contributed by atoms with Crippen LogP contribution in [0.4, 0.5) is 0 Å². The molecule has 0 bridgehead atoms. The van der Waals surface area contributed by atoms with Gasteiger partial charge in [-0.25, -0.2) is 0 Å². The number of ether oxygens (including phenoxy) is 1. The van der Waals surface area contributed by atoms with Crippen LogP contribution < -0.4 is 15.6 Å². The average Bonchev–Trinajstić information content (AvgIpc) is 2.97. The number of hydrazine groups is 1. The van der Waals surface area contributed by atoms with Gasteiger partial charge < -0.3 is 4.74 Å². The van der Waals surface area contributed by atoms with Crippen LogP contribution in [0.2, 0.25) is 0 Å². The number of nitrogens with one attached hydrogen (secondary N) is 2. The van der Waals surface area contributed by atoms with Gasteiger partial charge in [0, 0.05) is 33.7 Å². The molecule has 1 aromatic heterocycles. The lowest BCUT2D eigenvalue weighted by Gasteiger charge is -2.08. The summed E-state index contributed by atoms with van der Waals surface area (Å²) in [4.78, 5) is 38.0. The summed E-state index contributed by atoms with van der Waals surface area (Å²) in [7, 11) is 0. The van der Waals surface area contributed by atoms with E-state index in [0.717, 1.165) is 9.75 Å². The van der Waals surface area contributed by atoms with E-state index in [2.05, 4.69) is 10.9 Å². The Balaban J connectivity index is 1.78. The number of benzene rings is 1. The number of amides is 2. The quantitative estimate of drug-likeness (QED) is 0.576. The molecule has 0 saturated carbocycles. The highest BCUT2D eigenvalue weighted by atomic mass is 32.1. The molecule has 0 radical (unpaired) electrons. The number of Topliss-reactive ketones (excluding diaryl/α,β-unsaturated/α-hetero) is 1. The number of ketones is 1. The molecule has 0 aliphatic carbocycles. The summed E-state index contributed by atoms with van der Waals surface area (Å²) < 4.78 is 5.31. The summed E-state index contributed by atoms with van der Waals surface area (Å²) >= 11 is 1.56. The molecule has 0 saturated heterocycles. The first-order valence-electron chi connectivity index (χ1n) is 8.33. The monoisotopic (exact) mass is 374 g/mol. The molecule has 2 amide bonds. The van der Waals surface area contributed by atoms with Crippen LogP contribution in [0.1, 0.15) is 50.2 Å². The van der Waals surface area contributed by atoms with Crippen molar-refractivity contribution in [2.45, 2.75) is 33.6 Å². The first-order valence-corrected chi connectivity index (χ1v) is 9.14. The number of carbonyl (C=O) groups excluding carboxylic acids is 3. The maximum Gasteiger partial charge on any atom is 0.269 e. The number of hydrogen-bond donors (Lipinski definition) is 2. The lowest BCUT2D eigenvalue weighted by molar-refractivity contribution is -0.121. The predicted molar refractivity (Wildman–Crippen MR) is 101 cm³/mol. The molecule has 2 aromatic rings. The largest absolute Gasteiger partial charge is 0.494 e. The third kappa shape index (κ3) is 5.42. The minimum absolute atomic E-state index is 0.0106. The molecule has 0 unspecified atom stereocenters. The summed E-state index contributed by atoms with van der Waals surface area (Å²) in [5.74, 6) is -0.246. The highest BCUT2D eigenvalue weighted by molar-refractivity contribution is 7.12. The molecule has 1 heterocycles. The molecule has 26 heavy (non-hydrogen) atoms. The molecule has 0 fully saturated rings. The Morgan fingerprint density at radius 3 is 2.31 bits per heavy atom. The van der Waals surface area contributed by atoms with Crippen LogP contribution in [-0.4, -0.2) is 24.2 Å². The van der Waals surface area contributed by atoms with Crippen molar-refractivity contribution in [1.82, 2.24) is 10.9 Å². The van der Waals surface area contributed by atoms with E-state index in [-0.39, 0.29) is 18.6 Å². The third-order valence-electron chi connectivity index (χ3n) is 3.66.